The standard InChI is InChI=1S/C25H25N5O4S/c1-2-30-20-11-10-17(35(32,33)29-12-6-3-7-13-29)14-19(20)27-22(30)15-28-16-26-23-18-8-4-5-9-21(18)34-24(23)25(28)31/h4-5,8-11,14,16H,2-3,6-7,12-13,15H2,1H3. The lowest BCUT2D eigenvalue weighted by Gasteiger charge is -2.25. The second kappa shape index (κ2) is 8.31. The van der Waals surface area contributed by atoms with Crippen LogP contribution in [-0.4, -0.2) is 44.9 Å². The number of imidazole rings is 1. The molecule has 0 N–H and O–H groups in total. The predicted molar refractivity (Wildman–Crippen MR) is 133 cm³/mol. The zero-order chi connectivity index (χ0) is 24.2. The van der Waals surface area contributed by atoms with Crippen LogP contribution < -0.4 is 5.56 Å². The maximum absolute atomic E-state index is 13.2. The molecular weight excluding hydrogens is 466 g/mol. The normalized spacial score (nSPS) is 15.5. The summed E-state index contributed by atoms with van der Waals surface area (Å²) in [5.74, 6) is 0.648. The Morgan fingerprint density at radius 3 is 2.66 bits per heavy atom. The van der Waals surface area contributed by atoms with Gasteiger partial charge in [0.2, 0.25) is 15.6 Å². The summed E-state index contributed by atoms with van der Waals surface area (Å²) >= 11 is 0. The van der Waals surface area contributed by atoms with E-state index in [0.717, 1.165) is 30.2 Å². The molecule has 0 aliphatic carbocycles. The van der Waals surface area contributed by atoms with Crippen LogP contribution in [0.15, 0.2) is 62.9 Å². The van der Waals surface area contributed by atoms with E-state index in [-0.39, 0.29) is 22.6 Å². The van der Waals surface area contributed by atoms with E-state index in [1.807, 2.05) is 35.8 Å². The molecule has 0 bridgehead atoms. The monoisotopic (exact) mass is 491 g/mol. The van der Waals surface area contributed by atoms with E-state index in [0.29, 0.717) is 42.1 Å². The molecule has 9 nitrogen and oxygen atoms in total. The van der Waals surface area contributed by atoms with Crippen LogP contribution in [0.2, 0.25) is 0 Å². The van der Waals surface area contributed by atoms with E-state index in [4.69, 9.17) is 9.40 Å². The molecule has 10 heteroatoms. The van der Waals surface area contributed by atoms with Gasteiger partial charge < -0.3 is 8.98 Å². The fraction of sp³-hybridized carbons (Fsp3) is 0.320. The third-order valence-corrected chi connectivity index (χ3v) is 8.62. The fourth-order valence-electron chi connectivity index (χ4n) is 4.93. The average molecular weight is 492 g/mol. The molecule has 2 aromatic carbocycles. The third kappa shape index (κ3) is 3.55. The first-order valence-electron chi connectivity index (χ1n) is 11.8. The Morgan fingerprint density at radius 1 is 1.06 bits per heavy atom. The summed E-state index contributed by atoms with van der Waals surface area (Å²) < 4.78 is 37.1. The van der Waals surface area contributed by atoms with Gasteiger partial charge in [0.05, 0.1) is 28.8 Å². The maximum Gasteiger partial charge on any atom is 0.297 e. The topological polar surface area (TPSA) is 103 Å². The van der Waals surface area contributed by atoms with Crippen molar-refractivity contribution in [3.8, 4) is 0 Å². The molecule has 35 heavy (non-hydrogen) atoms. The summed E-state index contributed by atoms with van der Waals surface area (Å²) in [5.41, 5.74) is 2.50. The number of sulfonamides is 1. The Bertz CT molecular complexity index is 1740. The number of rotatable bonds is 5. The molecule has 0 saturated carbocycles. The second-order valence-corrected chi connectivity index (χ2v) is 10.8. The van der Waals surface area contributed by atoms with Gasteiger partial charge in [-0.1, -0.05) is 18.6 Å². The molecule has 0 radical (unpaired) electrons. The summed E-state index contributed by atoms with van der Waals surface area (Å²) in [6, 6.07) is 12.5. The highest BCUT2D eigenvalue weighted by Gasteiger charge is 2.27. The van der Waals surface area contributed by atoms with Crippen LogP contribution in [0.3, 0.4) is 0 Å². The van der Waals surface area contributed by atoms with Crippen molar-refractivity contribution in [1.82, 2.24) is 23.4 Å². The molecule has 1 fully saturated rings. The number of aromatic nitrogens is 4. The minimum absolute atomic E-state index is 0.190. The van der Waals surface area contributed by atoms with Crippen molar-refractivity contribution >= 4 is 43.1 Å². The zero-order valence-corrected chi connectivity index (χ0v) is 20.2. The number of nitrogens with zero attached hydrogens (tertiary/aromatic N) is 5. The Balaban J connectivity index is 1.40. The zero-order valence-electron chi connectivity index (χ0n) is 19.3. The number of benzene rings is 2. The lowest BCUT2D eigenvalue weighted by atomic mass is 10.2. The Labute approximate surface area is 201 Å². The van der Waals surface area contributed by atoms with E-state index < -0.39 is 10.0 Å². The van der Waals surface area contributed by atoms with E-state index in [1.165, 1.54) is 10.9 Å². The Morgan fingerprint density at radius 2 is 1.86 bits per heavy atom. The van der Waals surface area contributed by atoms with Crippen molar-refractivity contribution in [2.45, 2.75) is 44.2 Å². The minimum Gasteiger partial charge on any atom is -0.448 e. The quantitative estimate of drug-likeness (QED) is 0.371. The van der Waals surface area contributed by atoms with Crippen LogP contribution in [0.1, 0.15) is 32.0 Å². The van der Waals surface area contributed by atoms with Gasteiger partial charge in [0.15, 0.2) is 0 Å². The van der Waals surface area contributed by atoms with Crippen LogP contribution in [0, 0.1) is 0 Å². The first-order valence-corrected chi connectivity index (χ1v) is 13.3. The van der Waals surface area contributed by atoms with Crippen molar-refractivity contribution in [3.05, 3.63) is 65.0 Å². The number of hydrogen-bond donors (Lipinski definition) is 0. The Hall–Kier alpha value is -3.50. The number of aryl methyl sites for hydroxylation is 1. The highest BCUT2D eigenvalue weighted by Crippen LogP contribution is 2.26. The van der Waals surface area contributed by atoms with Gasteiger partial charge in [-0.15, -0.1) is 0 Å². The van der Waals surface area contributed by atoms with Gasteiger partial charge in [0.25, 0.3) is 5.56 Å². The highest BCUT2D eigenvalue weighted by molar-refractivity contribution is 7.89. The average Bonchev–Trinajstić information content (AvgIpc) is 3.44. The van der Waals surface area contributed by atoms with Gasteiger partial charge in [-0.3, -0.25) is 9.36 Å². The fourth-order valence-corrected chi connectivity index (χ4v) is 6.47. The molecular formula is C25H25N5O4S. The summed E-state index contributed by atoms with van der Waals surface area (Å²) in [5, 5.41) is 0.801. The van der Waals surface area contributed by atoms with Gasteiger partial charge in [-0.05, 0) is 50.1 Å². The Kier molecular flexibility index (Phi) is 5.23. The van der Waals surface area contributed by atoms with Crippen molar-refractivity contribution < 1.29 is 12.8 Å². The molecule has 0 amide bonds. The van der Waals surface area contributed by atoms with Gasteiger partial charge in [0.1, 0.15) is 16.9 Å². The van der Waals surface area contributed by atoms with Gasteiger partial charge in [-0.25, -0.2) is 18.4 Å². The number of para-hydroxylation sites is 1. The van der Waals surface area contributed by atoms with E-state index in [9.17, 15) is 13.2 Å². The van der Waals surface area contributed by atoms with Crippen LogP contribution in [0.5, 0.6) is 0 Å². The largest absolute Gasteiger partial charge is 0.448 e. The summed E-state index contributed by atoms with van der Waals surface area (Å²) in [7, 11) is -3.56. The summed E-state index contributed by atoms with van der Waals surface area (Å²) in [6.45, 7) is 3.91. The van der Waals surface area contributed by atoms with Crippen molar-refractivity contribution in [2.75, 3.05) is 13.1 Å². The molecule has 1 saturated heterocycles. The molecule has 6 rings (SSSR count). The first-order chi connectivity index (χ1) is 17.0. The smallest absolute Gasteiger partial charge is 0.297 e. The van der Waals surface area contributed by atoms with Crippen LogP contribution in [0.4, 0.5) is 0 Å². The maximum atomic E-state index is 13.2. The number of furan rings is 1. The molecule has 0 unspecified atom stereocenters. The number of hydrogen-bond acceptors (Lipinski definition) is 6. The second-order valence-electron chi connectivity index (χ2n) is 8.84. The lowest BCUT2D eigenvalue weighted by molar-refractivity contribution is 0.346. The van der Waals surface area contributed by atoms with E-state index >= 15 is 0 Å². The van der Waals surface area contributed by atoms with Crippen molar-refractivity contribution in [2.24, 2.45) is 0 Å². The minimum atomic E-state index is -3.56. The molecule has 0 atom stereocenters. The number of fused-ring (bicyclic) bond motifs is 4. The first kappa shape index (κ1) is 22.0. The molecule has 5 aromatic rings. The predicted octanol–water partition coefficient (Wildman–Crippen LogP) is 3.74. The van der Waals surface area contributed by atoms with E-state index in [1.54, 1.807) is 22.5 Å². The summed E-state index contributed by atoms with van der Waals surface area (Å²) in [4.78, 5) is 22.6. The third-order valence-electron chi connectivity index (χ3n) is 6.73. The molecule has 0 spiro atoms. The molecule has 1 aliphatic rings. The van der Waals surface area contributed by atoms with Crippen molar-refractivity contribution in [3.63, 3.8) is 0 Å². The molecule has 180 valence electrons. The van der Waals surface area contributed by atoms with Crippen LogP contribution in [0.25, 0.3) is 33.1 Å². The van der Waals surface area contributed by atoms with Gasteiger partial charge in [-0.2, -0.15) is 4.31 Å². The van der Waals surface area contributed by atoms with Gasteiger partial charge >= 0.3 is 0 Å². The van der Waals surface area contributed by atoms with Crippen LogP contribution in [-0.2, 0) is 23.1 Å². The molecule has 4 heterocycles. The van der Waals surface area contributed by atoms with Crippen molar-refractivity contribution in [1.29, 1.82) is 0 Å². The lowest BCUT2D eigenvalue weighted by Crippen LogP contribution is -2.35. The number of piperidine rings is 1. The summed E-state index contributed by atoms with van der Waals surface area (Å²) in [6.07, 6.45) is 4.34. The highest BCUT2D eigenvalue weighted by atomic mass is 32.2. The van der Waals surface area contributed by atoms with Crippen LogP contribution >= 0.6 is 0 Å². The molecule has 1 aliphatic heterocycles. The van der Waals surface area contributed by atoms with E-state index in [2.05, 4.69) is 4.98 Å². The van der Waals surface area contributed by atoms with Gasteiger partial charge in [0, 0.05) is 25.0 Å². The SMILES string of the molecule is CCn1c(Cn2cnc3c(oc4ccccc43)c2=O)nc2cc(S(=O)(=O)N3CCCCC3)ccc21. The molecule has 3 aromatic heterocycles.